The number of hydrogen-bond acceptors (Lipinski definition) is 2. The van der Waals surface area contributed by atoms with Crippen LogP contribution in [0.15, 0.2) is 36.7 Å². The lowest BCUT2D eigenvalue weighted by molar-refractivity contribution is 0.264. The first-order valence-electron chi connectivity index (χ1n) is 7.83. The fraction of sp³-hybridized carbons (Fsp3) is 0.500. The Kier molecular flexibility index (Phi) is 3.90. The van der Waals surface area contributed by atoms with Crippen LogP contribution in [0.3, 0.4) is 0 Å². The molecule has 1 fully saturated rings. The van der Waals surface area contributed by atoms with Gasteiger partial charge in [0.05, 0.1) is 0 Å². The fourth-order valence-electron chi connectivity index (χ4n) is 3.43. The van der Waals surface area contributed by atoms with E-state index in [1.54, 1.807) is 0 Å². The van der Waals surface area contributed by atoms with Crippen LogP contribution in [0.4, 0.5) is 5.69 Å². The van der Waals surface area contributed by atoms with Crippen molar-refractivity contribution >= 4 is 16.5 Å². The van der Waals surface area contributed by atoms with Crippen molar-refractivity contribution in [3.8, 4) is 0 Å². The van der Waals surface area contributed by atoms with Crippen molar-refractivity contribution in [2.45, 2.75) is 45.6 Å². The van der Waals surface area contributed by atoms with Gasteiger partial charge >= 0.3 is 0 Å². The molecule has 0 radical (unpaired) electrons. The molecular formula is C18H24N2. The molecule has 0 amide bonds. The van der Waals surface area contributed by atoms with Gasteiger partial charge in [0.25, 0.3) is 0 Å². The van der Waals surface area contributed by atoms with Crippen molar-refractivity contribution in [2.75, 3.05) is 5.32 Å². The summed E-state index contributed by atoms with van der Waals surface area (Å²) in [6.07, 6.45) is 9.18. The monoisotopic (exact) mass is 268 g/mol. The maximum Gasteiger partial charge on any atom is 0.0423 e. The summed E-state index contributed by atoms with van der Waals surface area (Å²) in [5, 5.41) is 6.28. The summed E-state index contributed by atoms with van der Waals surface area (Å²) in [6, 6.07) is 9.18. The fourth-order valence-corrected chi connectivity index (χ4v) is 3.43. The number of nitrogens with one attached hydrogen (secondary N) is 1. The molecular weight excluding hydrogens is 244 g/mol. The highest BCUT2D eigenvalue weighted by molar-refractivity contribution is 5.93. The molecule has 1 aromatic heterocycles. The van der Waals surface area contributed by atoms with Gasteiger partial charge in [-0.15, -0.1) is 0 Å². The second-order valence-corrected chi connectivity index (χ2v) is 6.41. The second kappa shape index (κ2) is 5.82. The van der Waals surface area contributed by atoms with Gasteiger partial charge in [-0.2, -0.15) is 0 Å². The predicted molar refractivity (Wildman–Crippen MR) is 85.9 cm³/mol. The standard InChI is InChI=1S/C18H24N2/c1-13(2)14-5-3-7-16(11-14)20-18-8-4-6-15-12-19-10-9-17(15)18/h4,6,8-10,12-14,16,20H,3,5,7,11H2,1-2H3. The topological polar surface area (TPSA) is 24.9 Å². The minimum atomic E-state index is 0.620. The highest BCUT2D eigenvalue weighted by atomic mass is 14.9. The normalized spacial score (nSPS) is 23.1. The van der Waals surface area contributed by atoms with Crippen LogP contribution in [0.5, 0.6) is 0 Å². The molecule has 3 rings (SSSR count). The summed E-state index contributed by atoms with van der Waals surface area (Å²) >= 11 is 0. The van der Waals surface area contributed by atoms with E-state index < -0.39 is 0 Å². The van der Waals surface area contributed by atoms with Gasteiger partial charge in [0.2, 0.25) is 0 Å². The van der Waals surface area contributed by atoms with Gasteiger partial charge in [-0.3, -0.25) is 4.98 Å². The molecule has 2 unspecified atom stereocenters. The van der Waals surface area contributed by atoms with Crippen LogP contribution < -0.4 is 5.32 Å². The van der Waals surface area contributed by atoms with Crippen LogP contribution in [0, 0.1) is 11.8 Å². The van der Waals surface area contributed by atoms with Crippen molar-refractivity contribution in [3.05, 3.63) is 36.7 Å². The molecule has 0 saturated heterocycles. The second-order valence-electron chi connectivity index (χ2n) is 6.41. The lowest BCUT2D eigenvalue weighted by Gasteiger charge is -2.33. The van der Waals surface area contributed by atoms with Crippen LogP contribution in [-0.2, 0) is 0 Å². The van der Waals surface area contributed by atoms with Gasteiger partial charge in [-0.1, -0.05) is 38.8 Å². The van der Waals surface area contributed by atoms with Crippen molar-refractivity contribution < 1.29 is 0 Å². The van der Waals surface area contributed by atoms with E-state index in [0.717, 1.165) is 11.8 Å². The molecule has 2 aromatic rings. The third-order valence-electron chi connectivity index (χ3n) is 4.70. The molecule has 2 heteroatoms. The van der Waals surface area contributed by atoms with Crippen molar-refractivity contribution in [1.82, 2.24) is 4.98 Å². The molecule has 2 nitrogen and oxygen atoms in total. The number of pyridine rings is 1. The molecule has 1 aromatic carbocycles. The Labute approximate surface area is 121 Å². The number of nitrogens with zero attached hydrogens (tertiary/aromatic N) is 1. The molecule has 1 N–H and O–H groups in total. The van der Waals surface area contributed by atoms with Gasteiger partial charge in [0, 0.05) is 34.9 Å². The van der Waals surface area contributed by atoms with Crippen molar-refractivity contribution in [2.24, 2.45) is 11.8 Å². The minimum absolute atomic E-state index is 0.620. The Balaban J connectivity index is 1.79. The van der Waals surface area contributed by atoms with Crippen molar-refractivity contribution in [1.29, 1.82) is 0 Å². The largest absolute Gasteiger partial charge is 0.382 e. The van der Waals surface area contributed by atoms with E-state index in [9.17, 15) is 0 Å². The zero-order valence-electron chi connectivity index (χ0n) is 12.5. The predicted octanol–water partition coefficient (Wildman–Crippen LogP) is 4.86. The lowest BCUT2D eigenvalue weighted by atomic mass is 9.79. The molecule has 0 aliphatic heterocycles. The highest BCUT2D eigenvalue weighted by Crippen LogP contribution is 2.32. The zero-order chi connectivity index (χ0) is 13.9. The van der Waals surface area contributed by atoms with E-state index in [2.05, 4.69) is 48.4 Å². The maximum absolute atomic E-state index is 4.21. The Morgan fingerprint density at radius 3 is 2.95 bits per heavy atom. The Bertz CT molecular complexity index is 571. The summed E-state index contributed by atoms with van der Waals surface area (Å²) < 4.78 is 0. The first-order chi connectivity index (χ1) is 9.74. The quantitative estimate of drug-likeness (QED) is 0.859. The first kappa shape index (κ1) is 13.4. The number of rotatable bonds is 3. The van der Waals surface area contributed by atoms with E-state index in [1.807, 2.05) is 12.4 Å². The third kappa shape index (κ3) is 2.79. The first-order valence-corrected chi connectivity index (χ1v) is 7.83. The van der Waals surface area contributed by atoms with Crippen molar-refractivity contribution in [3.63, 3.8) is 0 Å². The smallest absolute Gasteiger partial charge is 0.0423 e. The minimum Gasteiger partial charge on any atom is -0.382 e. The number of fused-ring (bicyclic) bond motifs is 1. The molecule has 106 valence electrons. The number of anilines is 1. The van der Waals surface area contributed by atoms with Gasteiger partial charge < -0.3 is 5.32 Å². The van der Waals surface area contributed by atoms with E-state index in [-0.39, 0.29) is 0 Å². The number of benzene rings is 1. The third-order valence-corrected chi connectivity index (χ3v) is 4.70. The summed E-state index contributed by atoms with van der Waals surface area (Å²) in [5.74, 6) is 1.68. The summed E-state index contributed by atoms with van der Waals surface area (Å²) in [4.78, 5) is 4.21. The molecule has 1 saturated carbocycles. The molecule has 0 bridgehead atoms. The zero-order valence-corrected chi connectivity index (χ0v) is 12.5. The van der Waals surface area contributed by atoms with E-state index in [4.69, 9.17) is 0 Å². The SMILES string of the molecule is CC(C)C1CCCC(Nc2cccc3cnccc23)C1. The van der Waals surface area contributed by atoms with Gasteiger partial charge in [0.15, 0.2) is 0 Å². The molecule has 1 aliphatic carbocycles. The van der Waals surface area contributed by atoms with Crippen LogP contribution >= 0.6 is 0 Å². The highest BCUT2D eigenvalue weighted by Gasteiger charge is 2.24. The molecule has 20 heavy (non-hydrogen) atoms. The van der Waals surface area contributed by atoms with Crippen LogP contribution in [0.1, 0.15) is 39.5 Å². The van der Waals surface area contributed by atoms with Crippen LogP contribution in [0.2, 0.25) is 0 Å². The summed E-state index contributed by atoms with van der Waals surface area (Å²) in [5.41, 5.74) is 1.26. The van der Waals surface area contributed by atoms with Gasteiger partial charge in [0.1, 0.15) is 0 Å². The Hall–Kier alpha value is -1.57. The van der Waals surface area contributed by atoms with E-state index >= 15 is 0 Å². The molecule has 0 spiro atoms. The Morgan fingerprint density at radius 1 is 1.20 bits per heavy atom. The average molecular weight is 268 g/mol. The number of hydrogen-bond donors (Lipinski definition) is 1. The van der Waals surface area contributed by atoms with E-state index in [1.165, 1.54) is 42.1 Å². The molecule has 1 aliphatic rings. The maximum atomic E-state index is 4.21. The average Bonchev–Trinajstić information content (AvgIpc) is 2.48. The Morgan fingerprint density at radius 2 is 2.10 bits per heavy atom. The van der Waals surface area contributed by atoms with Crippen LogP contribution in [-0.4, -0.2) is 11.0 Å². The molecule has 1 heterocycles. The van der Waals surface area contributed by atoms with E-state index in [0.29, 0.717) is 6.04 Å². The summed E-state index contributed by atoms with van der Waals surface area (Å²) in [7, 11) is 0. The lowest BCUT2D eigenvalue weighted by Crippen LogP contribution is -2.29. The van der Waals surface area contributed by atoms with Crippen LogP contribution in [0.25, 0.3) is 10.8 Å². The molecule has 2 atom stereocenters. The van der Waals surface area contributed by atoms with Gasteiger partial charge in [-0.25, -0.2) is 0 Å². The van der Waals surface area contributed by atoms with Gasteiger partial charge in [-0.05, 0) is 36.8 Å². The number of aromatic nitrogens is 1. The summed E-state index contributed by atoms with van der Waals surface area (Å²) in [6.45, 7) is 4.72.